The third kappa shape index (κ3) is 5.52. The fourth-order valence-corrected chi connectivity index (χ4v) is 3.59. The molecule has 3 rings (SSSR count). The molecule has 1 aliphatic rings. The van der Waals surface area contributed by atoms with E-state index in [-0.39, 0.29) is 23.7 Å². The van der Waals surface area contributed by atoms with Crippen molar-refractivity contribution in [3.8, 4) is 5.75 Å². The van der Waals surface area contributed by atoms with Crippen molar-refractivity contribution in [3.63, 3.8) is 0 Å². The van der Waals surface area contributed by atoms with E-state index < -0.39 is 12.7 Å². The van der Waals surface area contributed by atoms with Crippen molar-refractivity contribution in [2.45, 2.75) is 57.3 Å². The van der Waals surface area contributed by atoms with Crippen LogP contribution >= 0.6 is 0 Å². The van der Waals surface area contributed by atoms with Gasteiger partial charge in [0.1, 0.15) is 5.75 Å². The van der Waals surface area contributed by atoms with Crippen molar-refractivity contribution < 1.29 is 18.3 Å². The first-order valence-electron chi connectivity index (χ1n) is 9.69. The third-order valence-electron chi connectivity index (χ3n) is 5.08. The van der Waals surface area contributed by atoms with Gasteiger partial charge < -0.3 is 10.1 Å². The lowest BCUT2D eigenvalue weighted by molar-refractivity contribution is -0.123. The summed E-state index contributed by atoms with van der Waals surface area (Å²) < 4.78 is 29.2. The van der Waals surface area contributed by atoms with Crippen LogP contribution in [-0.4, -0.2) is 24.6 Å². The lowest BCUT2D eigenvalue weighted by Gasteiger charge is -2.25. The minimum absolute atomic E-state index is 0.0227. The number of nitrogens with one attached hydrogen (secondary N) is 2. The number of rotatable bonds is 8. The Bertz CT molecular complexity index is 747. The zero-order valence-corrected chi connectivity index (χ0v) is 15.9. The van der Waals surface area contributed by atoms with E-state index in [2.05, 4.69) is 15.4 Å². The fraction of sp³-hybridized carbons (Fsp3) is 0.409. The van der Waals surface area contributed by atoms with E-state index in [1.165, 1.54) is 12.1 Å². The molecular weight excluding hydrogens is 362 g/mol. The second-order valence-corrected chi connectivity index (χ2v) is 7.17. The summed E-state index contributed by atoms with van der Waals surface area (Å²) in [6.45, 7) is -1.01. The Kier molecular flexibility index (Phi) is 6.98. The highest BCUT2D eigenvalue weighted by Crippen LogP contribution is 2.25. The van der Waals surface area contributed by atoms with Crippen molar-refractivity contribution in [3.05, 3.63) is 65.7 Å². The van der Waals surface area contributed by atoms with Crippen LogP contribution in [-0.2, 0) is 4.79 Å². The molecule has 0 saturated heterocycles. The molecule has 2 aromatic carbocycles. The zero-order chi connectivity index (χ0) is 19.9. The van der Waals surface area contributed by atoms with Crippen LogP contribution in [0.15, 0.2) is 54.6 Å². The number of amides is 1. The Morgan fingerprint density at radius 3 is 2.21 bits per heavy atom. The van der Waals surface area contributed by atoms with Gasteiger partial charge in [0, 0.05) is 6.04 Å². The molecule has 2 aromatic rings. The average Bonchev–Trinajstić information content (AvgIpc) is 3.20. The molecule has 1 saturated carbocycles. The third-order valence-corrected chi connectivity index (χ3v) is 5.08. The van der Waals surface area contributed by atoms with Gasteiger partial charge >= 0.3 is 6.61 Å². The normalized spacial score (nSPS) is 16.7. The maximum absolute atomic E-state index is 12.6. The molecule has 1 fully saturated rings. The maximum atomic E-state index is 12.6. The van der Waals surface area contributed by atoms with Crippen LogP contribution in [0.2, 0.25) is 0 Å². The summed E-state index contributed by atoms with van der Waals surface area (Å²) in [5, 5.41) is 6.50. The largest absolute Gasteiger partial charge is 0.435 e. The molecular formula is C22H26F2N2O2. The van der Waals surface area contributed by atoms with Crippen molar-refractivity contribution in [2.24, 2.45) is 0 Å². The molecule has 2 unspecified atom stereocenters. The summed E-state index contributed by atoms with van der Waals surface area (Å²) in [7, 11) is 0. The predicted molar refractivity (Wildman–Crippen MR) is 104 cm³/mol. The number of hydrogen-bond acceptors (Lipinski definition) is 3. The number of alkyl halides is 2. The van der Waals surface area contributed by atoms with E-state index in [9.17, 15) is 13.6 Å². The lowest BCUT2D eigenvalue weighted by atomic mass is 9.97. The van der Waals surface area contributed by atoms with Gasteiger partial charge in [-0.1, -0.05) is 55.3 Å². The first kappa shape index (κ1) is 20.3. The Hall–Kier alpha value is -2.47. The average molecular weight is 388 g/mol. The molecule has 0 radical (unpaired) electrons. The van der Waals surface area contributed by atoms with Gasteiger partial charge in [0.05, 0.1) is 12.1 Å². The second kappa shape index (κ2) is 9.64. The van der Waals surface area contributed by atoms with Gasteiger partial charge in [-0.05, 0) is 43.0 Å². The van der Waals surface area contributed by atoms with E-state index in [0.29, 0.717) is 0 Å². The highest BCUT2D eigenvalue weighted by atomic mass is 19.3. The molecule has 0 aromatic heterocycles. The van der Waals surface area contributed by atoms with Crippen LogP contribution in [0.5, 0.6) is 5.75 Å². The molecule has 28 heavy (non-hydrogen) atoms. The SMILES string of the molecule is CC(NC(c1ccccc1)c1ccc(OC(F)F)cc1)C(=O)NC1CCCC1. The van der Waals surface area contributed by atoms with E-state index in [0.717, 1.165) is 36.8 Å². The Morgan fingerprint density at radius 2 is 1.61 bits per heavy atom. The molecule has 150 valence electrons. The molecule has 2 N–H and O–H groups in total. The molecule has 4 nitrogen and oxygen atoms in total. The monoisotopic (exact) mass is 388 g/mol. The van der Waals surface area contributed by atoms with Crippen LogP contribution in [0.4, 0.5) is 8.78 Å². The van der Waals surface area contributed by atoms with Gasteiger partial charge in [0.15, 0.2) is 0 Å². The van der Waals surface area contributed by atoms with E-state index in [1.807, 2.05) is 37.3 Å². The topological polar surface area (TPSA) is 50.4 Å². The molecule has 1 amide bonds. The van der Waals surface area contributed by atoms with E-state index in [1.54, 1.807) is 12.1 Å². The van der Waals surface area contributed by atoms with Gasteiger partial charge in [-0.2, -0.15) is 8.78 Å². The minimum atomic E-state index is -2.85. The minimum Gasteiger partial charge on any atom is -0.435 e. The van der Waals surface area contributed by atoms with Gasteiger partial charge in [-0.3, -0.25) is 10.1 Å². The Morgan fingerprint density at radius 1 is 1.00 bits per heavy atom. The summed E-state index contributed by atoms with van der Waals surface area (Å²) in [6.07, 6.45) is 4.39. The van der Waals surface area contributed by atoms with Gasteiger partial charge in [-0.25, -0.2) is 0 Å². The molecule has 0 aliphatic heterocycles. The van der Waals surface area contributed by atoms with Crippen LogP contribution in [0.25, 0.3) is 0 Å². The van der Waals surface area contributed by atoms with Gasteiger partial charge in [-0.15, -0.1) is 0 Å². The summed E-state index contributed by atoms with van der Waals surface area (Å²) >= 11 is 0. The van der Waals surface area contributed by atoms with Crippen molar-refractivity contribution in [1.29, 1.82) is 0 Å². The van der Waals surface area contributed by atoms with Crippen LogP contribution < -0.4 is 15.4 Å². The summed E-state index contributed by atoms with van der Waals surface area (Å²) in [5.41, 5.74) is 1.86. The highest BCUT2D eigenvalue weighted by molar-refractivity contribution is 5.81. The molecule has 0 heterocycles. The number of benzene rings is 2. The summed E-state index contributed by atoms with van der Waals surface area (Å²) in [6, 6.07) is 15.9. The van der Waals surface area contributed by atoms with Crippen LogP contribution in [0.1, 0.15) is 49.8 Å². The zero-order valence-electron chi connectivity index (χ0n) is 15.9. The van der Waals surface area contributed by atoms with Gasteiger partial charge in [0.2, 0.25) is 5.91 Å². The fourth-order valence-electron chi connectivity index (χ4n) is 3.59. The molecule has 1 aliphatic carbocycles. The standard InChI is InChI=1S/C22H26F2N2O2/c1-15(21(27)26-18-9-5-6-10-18)25-20(16-7-3-2-4-8-16)17-11-13-19(14-12-17)28-22(23)24/h2-4,7-8,11-15,18,20,22,25H,5-6,9-10H2,1H3,(H,26,27). The van der Waals surface area contributed by atoms with Crippen LogP contribution in [0, 0.1) is 0 Å². The maximum Gasteiger partial charge on any atom is 0.387 e. The number of carbonyl (C=O) groups is 1. The number of carbonyl (C=O) groups excluding carboxylic acids is 1. The van der Waals surface area contributed by atoms with Crippen molar-refractivity contribution >= 4 is 5.91 Å². The lowest BCUT2D eigenvalue weighted by Crippen LogP contribution is -2.46. The van der Waals surface area contributed by atoms with Gasteiger partial charge in [0.25, 0.3) is 0 Å². The van der Waals surface area contributed by atoms with E-state index >= 15 is 0 Å². The Labute approximate surface area is 164 Å². The highest BCUT2D eigenvalue weighted by Gasteiger charge is 2.24. The van der Waals surface area contributed by atoms with Crippen molar-refractivity contribution in [2.75, 3.05) is 0 Å². The Balaban J connectivity index is 1.74. The molecule has 0 spiro atoms. The van der Waals surface area contributed by atoms with Crippen LogP contribution in [0.3, 0.4) is 0 Å². The van der Waals surface area contributed by atoms with E-state index in [4.69, 9.17) is 0 Å². The first-order chi connectivity index (χ1) is 13.5. The second-order valence-electron chi connectivity index (χ2n) is 7.17. The quantitative estimate of drug-likeness (QED) is 0.704. The predicted octanol–water partition coefficient (Wildman–Crippen LogP) is 4.41. The molecule has 0 bridgehead atoms. The first-order valence-corrected chi connectivity index (χ1v) is 9.69. The van der Waals surface area contributed by atoms with Crippen molar-refractivity contribution in [1.82, 2.24) is 10.6 Å². The smallest absolute Gasteiger partial charge is 0.387 e. The number of ether oxygens (including phenoxy) is 1. The number of hydrogen-bond donors (Lipinski definition) is 2. The summed E-state index contributed by atoms with van der Waals surface area (Å²) in [5.74, 6) is 0.0862. The number of halogens is 2. The molecule has 6 heteroatoms. The molecule has 2 atom stereocenters. The summed E-state index contributed by atoms with van der Waals surface area (Å²) in [4.78, 5) is 12.6.